The first-order valence-electron chi connectivity index (χ1n) is 8.98. The summed E-state index contributed by atoms with van der Waals surface area (Å²) < 4.78 is 6.87. The van der Waals surface area contributed by atoms with Crippen molar-refractivity contribution in [2.45, 2.75) is 42.7 Å². The smallest absolute Gasteiger partial charge is 0.317 e. The first kappa shape index (κ1) is 21.3. The molecular formula is C19H23N5O3S2. The minimum absolute atomic E-state index is 0.0492. The molecule has 0 aliphatic carbocycles. The first-order valence-corrected chi connectivity index (χ1v) is 10.8. The van der Waals surface area contributed by atoms with Crippen LogP contribution in [0.2, 0.25) is 0 Å². The van der Waals surface area contributed by atoms with Crippen molar-refractivity contribution in [3.63, 3.8) is 0 Å². The highest BCUT2D eigenvalue weighted by atomic mass is 32.2. The van der Waals surface area contributed by atoms with Crippen molar-refractivity contribution >= 4 is 40.0 Å². The number of aromatic nitrogens is 3. The van der Waals surface area contributed by atoms with Crippen LogP contribution >= 0.6 is 23.1 Å². The summed E-state index contributed by atoms with van der Waals surface area (Å²) in [4.78, 5) is 23.6. The molecule has 29 heavy (non-hydrogen) atoms. The Hall–Kier alpha value is -2.43. The Kier molecular flexibility index (Phi) is 6.88. The van der Waals surface area contributed by atoms with E-state index in [0.717, 1.165) is 20.7 Å². The summed E-state index contributed by atoms with van der Waals surface area (Å²) in [6, 6.07) is 3.73. The SMILES string of the molecule is CC(C)(C)c1cnc(CSc2cnc(Nc3ccc(CNCC(=O)O)cn3)s2)o1. The summed E-state index contributed by atoms with van der Waals surface area (Å²) in [6.07, 6.45) is 5.31. The average Bonchev–Trinajstić information content (AvgIpc) is 3.30. The van der Waals surface area contributed by atoms with E-state index in [2.05, 4.69) is 46.4 Å². The fourth-order valence-electron chi connectivity index (χ4n) is 2.27. The van der Waals surface area contributed by atoms with E-state index < -0.39 is 5.97 Å². The van der Waals surface area contributed by atoms with Crippen molar-refractivity contribution in [3.8, 4) is 0 Å². The van der Waals surface area contributed by atoms with Gasteiger partial charge in [0.2, 0.25) is 5.89 Å². The average molecular weight is 434 g/mol. The first-order chi connectivity index (χ1) is 13.8. The highest BCUT2D eigenvalue weighted by molar-refractivity contribution is 8.00. The number of pyridine rings is 1. The number of rotatable bonds is 9. The molecular weight excluding hydrogens is 410 g/mol. The number of thioether (sulfide) groups is 1. The molecule has 0 spiro atoms. The Morgan fingerprint density at radius 3 is 2.69 bits per heavy atom. The molecule has 0 atom stereocenters. The third kappa shape index (κ3) is 6.55. The van der Waals surface area contributed by atoms with Gasteiger partial charge < -0.3 is 20.2 Å². The maximum Gasteiger partial charge on any atom is 0.317 e. The van der Waals surface area contributed by atoms with Gasteiger partial charge in [0, 0.05) is 18.2 Å². The van der Waals surface area contributed by atoms with Gasteiger partial charge in [-0.05, 0) is 11.6 Å². The summed E-state index contributed by atoms with van der Waals surface area (Å²) in [5.41, 5.74) is 0.861. The third-order valence-electron chi connectivity index (χ3n) is 3.78. The van der Waals surface area contributed by atoms with Gasteiger partial charge in [0.25, 0.3) is 0 Å². The van der Waals surface area contributed by atoms with Gasteiger partial charge in [-0.1, -0.05) is 38.2 Å². The summed E-state index contributed by atoms with van der Waals surface area (Å²) >= 11 is 3.16. The normalized spacial score (nSPS) is 11.6. The van der Waals surface area contributed by atoms with Crippen LogP contribution in [0.5, 0.6) is 0 Å². The van der Waals surface area contributed by atoms with Gasteiger partial charge in [-0.25, -0.2) is 15.0 Å². The van der Waals surface area contributed by atoms with E-state index in [1.165, 1.54) is 11.3 Å². The maximum absolute atomic E-state index is 10.5. The quantitative estimate of drug-likeness (QED) is 0.430. The van der Waals surface area contributed by atoms with Gasteiger partial charge in [0.1, 0.15) is 11.6 Å². The van der Waals surface area contributed by atoms with Crippen LogP contribution in [0.3, 0.4) is 0 Å². The van der Waals surface area contributed by atoms with Crippen molar-refractivity contribution < 1.29 is 14.3 Å². The second-order valence-electron chi connectivity index (χ2n) is 7.32. The van der Waals surface area contributed by atoms with Crippen LogP contribution in [0.15, 0.2) is 39.3 Å². The van der Waals surface area contributed by atoms with E-state index in [1.807, 2.05) is 18.3 Å². The number of nitrogens with one attached hydrogen (secondary N) is 2. The molecule has 3 aromatic rings. The van der Waals surface area contributed by atoms with Crippen molar-refractivity contribution in [2.24, 2.45) is 0 Å². The van der Waals surface area contributed by atoms with E-state index in [-0.39, 0.29) is 12.0 Å². The number of nitrogens with zero attached hydrogens (tertiary/aromatic N) is 3. The Balaban J connectivity index is 1.50. The molecule has 0 aromatic carbocycles. The molecule has 3 rings (SSSR count). The zero-order chi connectivity index (χ0) is 20.9. The number of anilines is 2. The molecule has 0 aliphatic rings. The highest BCUT2D eigenvalue weighted by Gasteiger charge is 2.19. The van der Waals surface area contributed by atoms with Crippen molar-refractivity contribution in [2.75, 3.05) is 11.9 Å². The van der Waals surface area contributed by atoms with Crippen molar-refractivity contribution in [1.82, 2.24) is 20.3 Å². The molecule has 10 heteroatoms. The molecule has 3 N–H and O–H groups in total. The molecule has 0 aliphatic heterocycles. The molecule has 3 heterocycles. The summed E-state index contributed by atoms with van der Waals surface area (Å²) in [5.74, 6) is 2.03. The van der Waals surface area contributed by atoms with E-state index in [1.54, 1.807) is 24.2 Å². The molecule has 0 saturated carbocycles. The molecule has 0 unspecified atom stereocenters. The maximum atomic E-state index is 10.5. The van der Waals surface area contributed by atoms with Crippen LogP contribution in [0.4, 0.5) is 10.9 Å². The minimum Gasteiger partial charge on any atom is -0.480 e. The Bertz CT molecular complexity index is 947. The number of carboxylic acid groups (broad SMARTS) is 1. The lowest BCUT2D eigenvalue weighted by Gasteiger charge is -2.12. The standard InChI is InChI=1S/C19H23N5O3S2/c1-19(2,3)13-8-22-15(27-13)11-28-17-10-23-18(29-17)24-14-5-4-12(7-21-14)6-20-9-16(25)26/h4-5,7-8,10,20H,6,9,11H2,1-3H3,(H,25,26)(H,21,23,24). The topological polar surface area (TPSA) is 113 Å². The summed E-state index contributed by atoms with van der Waals surface area (Å²) in [7, 11) is 0. The van der Waals surface area contributed by atoms with Gasteiger partial charge in [-0.15, -0.1) is 11.8 Å². The second-order valence-corrected chi connectivity index (χ2v) is 9.62. The van der Waals surface area contributed by atoms with Crippen molar-refractivity contribution in [1.29, 1.82) is 0 Å². The second kappa shape index (κ2) is 9.38. The van der Waals surface area contributed by atoms with Crippen LogP contribution in [0.1, 0.15) is 38.0 Å². The summed E-state index contributed by atoms with van der Waals surface area (Å²) in [5, 5.41) is 15.4. The largest absolute Gasteiger partial charge is 0.480 e. The predicted octanol–water partition coefficient (Wildman–Crippen LogP) is 4.03. The van der Waals surface area contributed by atoms with Gasteiger partial charge in [-0.3, -0.25) is 4.79 Å². The van der Waals surface area contributed by atoms with E-state index in [0.29, 0.717) is 24.0 Å². The van der Waals surface area contributed by atoms with Gasteiger partial charge in [0.15, 0.2) is 5.13 Å². The molecule has 0 fully saturated rings. The van der Waals surface area contributed by atoms with Gasteiger partial charge >= 0.3 is 5.97 Å². The summed E-state index contributed by atoms with van der Waals surface area (Å²) in [6.45, 7) is 6.66. The molecule has 3 aromatic heterocycles. The Labute approximate surface area is 177 Å². The van der Waals surface area contributed by atoms with Gasteiger partial charge in [0.05, 0.1) is 28.9 Å². The highest BCUT2D eigenvalue weighted by Crippen LogP contribution is 2.32. The fraction of sp³-hybridized carbons (Fsp3) is 0.368. The third-order valence-corrected chi connectivity index (χ3v) is 5.87. The predicted molar refractivity (Wildman–Crippen MR) is 114 cm³/mol. The number of hydrogen-bond donors (Lipinski definition) is 3. The molecule has 0 saturated heterocycles. The lowest BCUT2D eigenvalue weighted by Crippen LogP contribution is -2.21. The zero-order valence-corrected chi connectivity index (χ0v) is 18.1. The molecule has 0 amide bonds. The molecule has 0 radical (unpaired) electrons. The minimum atomic E-state index is -0.883. The zero-order valence-electron chi connectivity index (χ0n) is 16.4. The lowest BCUT2D eigenvalue weighted by molar-refractivity contribution is -0.136. The van der Waals surface area contributed by atoms with Gasteiger partial charge in [-0.2, -0.15) is 0 Å². The Morgan fingerprint density at radius 2 is 2.03 bits per heavy atom. The van der Waals surface area contributed by atoms with Crippen LogP contribution in [0.25, 0.3) is 0 Å². The number of hydrogen-bond acceptors (Lipinski definition) is 9. The number of carboxylic acids is 1. The lowest BCUT2D eigenvalue weighted by atomic mass is 9.94. The van der Waals surface area contributed by atoms with E-state index in [4.69, 9.17) is 9.52 Å². The molecule has 0 bridgehead atoms. The number of oxazole rings is 1. The molecule has 154 valence electrons. The number of aliphatic carboxylic acids is 1. The monoisotopic (exact) mass is 433 g/mol. The van der Waals surface area contributed by atoms with Crippen LogP contribution in [0, 0.1) is 0 Å². The number of carbonyl (C=O) groups is 1. The number of thiazole rings is 1. The molecule has 8 nitrogen and oxygen atoms in total. The van der Waals surface area contributed by atoms with Crippen LogP contribution in [-0.4, -0.2) is 32.6 Å². The van der Waals surface area contributed by atoms with Crippen LogP contribution in [-0.2, 0) is 22.5 Å². The Morgan fingerprint density at radius 1 is 1.21 bits per heavy atom. The van der Waals surface area contributed by atoms with Crippen LogP contribution < -0.4 is 10.6 Å². The fourth-order valence-corrected chi connectivity index (χ4v) is 4.00. The van der Waals surface area contributed by atoms with Crippen molar-refractivity contribution in [3.05, 3.63) is 47.9 Å². The van der Waals surface area contributed by atoms with E-state index >= 15 is 0 Å². The van der Waals surface area contributed by atoms with E-state index in [9.17, 15) is 4.79 Å².